The lowest BCUT2D eigenvalue weighted by molar-refractivity contribution is -0.0512. The molecule has 1 aliphatic rings. The highest BCUT2D eigenvalue weighted by molar-refractivity contribution is 5.80. The second kappa shape index (κ2) is 8.70. The smallest absolute Gasteiger partial charge is 0.387 e. The monoisotopic (exact) mass is 341 g/mol. The number of nitrogens with zero attached hydrogens (tertiary/aromatic N) is 1. The van der Waals surface area contributed by atoms with Crippen LogP contribution in [0.1, 0.15) is 25.8 Å². The topological polar surface area (TPSA) is 54.9 Å². The Balaban J connectivity index is 1.95. The van der Waals surface area contributed by atoms with Crippen LogP contribution in [-0.4, -0.2) is 38.8 Å². The quantitative estimate of drug-likeness (QED) is 0.564. The molecule has 0 amide bonds. The number of methoxy groups -OCH3 is 1. The van der Waals surface area contributed by atoms with E-state index in [1.54, 1.807) is 12.1 Å². The summed E-state index contributed by atoms with van der Waals surface area (Å²) < 4.78 is 34.4. The summed E-state index contributed by atoms with van der Waals surface area (Å²) in [5, 5.41) is 6.59. The normalized spacial score (nSPS) is 20.0. The molecule has 0 saturated heterocycles. The molecule has 5 nitrogen and oxygen atoms in total. The summed E-state index contributed by atoms with van der Waals surface area (Å²) in [6, 6.07) is 5.53. The Morgan fingerprint density at radius 2 is 2.12 bits per heavy atom. The summed E-state index contributed by atoms with van der Waals surface area (Å²) in [7, 11) is 1.42. The van der Waals surface area contributed by atoms with Gasteiger partial charge in [-0.25, -0.2) is 0 Å². The minimum atomic E-state index is -2.88. The fourth-order valence-corrected chi connectivity index (χ4v) is 2.38. The van der Waals surface area contributed by atoms with Gasteiger partial charge in [0.2, 0.25) is 0 Å². The summed E-state index contributed by atoms with van der Waals surface area (Å²) >= 11 is 0. The van der Waals surface area contributed by atoms with E-state index in [2.05, 4.69) is 27.3 Å². The van der Waals surface area contributed by atoms with Gasteiger partial charge in [0.25, 0.3) is 0 Å². The Bertz CT molecular complexity index is 567. The zero-order valence-electron chi connectivity index (χ0n) is 14.3. The van der Waals surface area contributed by atoms with Crippen molar-refractivity contribution in [1.82, 2.24) is 10.6 Å². The molecule has 7 heteroatoms. The molecule has 1 aromatic rings. The summed E-state index contributed by atoms with van der Waals surface area (Å²) in [6.07, 6.45) is 1.79. The highest BCUT2D eigenvalue weighted by atomic mass is 19.3. The van der Waals surface area contributed by atoms with Crippen LogP contribution in [0.4, 0.5) is 8.78 Å². The molecular formula is C17H25F2N3O2. The Kier molecular flexibility index (Phi) is 6.63. The minimum Gasteiger partial charge on any atom is -0.493 e. The first-order valence-corrected chi connectivity index (χ1v) is 8.20. The summed E-state index contributed by atoms with van der Waals surface area (Å²) in [4.78, 5) is 4.53. The van der Waals surface area contributed by atoms with Crippen LogP contribution in [0.2, 0.25) is 0 Å². The van der Waals surface area contributed by atoms with Crippen molar-refractivity contribution >= 4 is 5.96 Å². The van der Waals surface area contributed by atoms with Gasteiger partial charge in [-0.15, -0.1) is 0 Å². The van der Waals surface area contributed by atoms with Crippen molar-refractivity contribution in [2.75, 3.05) is 20.2 Å². The van der Waals surface area contributed by atoms with Gasteiger partial charge in [0.05, 0.1) is 7.11 Å². The predicted molar refractivity (Wildman–Crippen MR) is 90.0 cm³/mol. The van der Waals surface area contributed by atoms with Crippen LogP contribution in [0.3, 0.4) is 0 Å². The van der Waals surface area contributed by atoms with Gasteiger partial charge in [0.1, 0.15) is 0 Å². The maximum absolute atomic E-state index is 12.5. The molecule has 2 atom stereocenters. The number of halogens is 2. The van der Waals surface area contributed by atoms with Crippen molar-refractivity contribution in [2.45, 2.75) is 39.3 Å². The number of rotatable bonds is 8. The average Bonchev–Trinajstić information content (AvgIpc) is 3.22. The van der Waals surface area contributed by atoms with Crippen molar-refractivity contribution in [3.05, 3.63) is 23.8 Å². The van der Waals surface area contributed by atoms with Crippen molar-refractivity contribution in [1.29, 1.82) is 0 Å². The molecular weight excluding hydrogens is 316 g/mol. The number of benzene rings is 1. The Labute approximate surface area is 141 Å². The van der Waals surface area contributed by atoms with Crippen LogP contribution in [0.25, 0.3) is 0 Å². The number of ether oxygens (including phenoxy) is 2. The van der Waals surface area contributed by atoms with E-state index in [-0.39, 0.29) is 5.75 Å². The summed E-state index contributed by atoms with van der Waals surface area (Å²) in [6.45, 7) is 2.68. The second-order valence-corrected chi connectivity index (χ2v) is 5.84. The van der Waals surface area contributed by atoms with Gasteiger partial charge in [0.15, 0.2) is 17.5 Å². The van der Waals surface area contributed by atoms with E-state index >= 15 is 0 Å². The van der Waals surface area contributed by atoms with Crippen LogP contribution >= 0.6 is 0 Å². The molecule has 1 aromatic carbocycles. The molecule has 1 fully saturated rings. The second-order valence-electron chi connectivity index (χ2n) is 5.84. The maximum atomic E-state index is 12.5. The van der Waals surface area contributed by atoms with Gasteiger partial charge in [0, 0.05) is 19.1 Å². The fourth-order valence-electron chi connectivity index (χ4n) is 2.38. The molecule has 24 heavy (non-hydrogen) atoms. The van der Waals surface area contributed by atoms with Crippen LogP contribution < -0.4 is 20.1 Å². The third kappa shape index (κ3) is 5.54. The van der Waals surface area contributed by atoms with Crippen molar-refractivity contribution < 1.29 is 18.3 Å². The Morgan fingerprint density at radius 1 is 1.38 bits per heavy atom. The van der Waals surface area contributed by atoms with Crippen molar-refractivity contribution in [2.24, 2.45) is 10.9 Å². The first-order valence-electron chi connectivity index (χ1n) is 8.20. The zero-order chi connectivity index (χ0) is 17.5. The molecule has 2 rings (SSSR count). The standard InChI is InChI=1S/C17H25F2N3O2/c1-4-20-17(22-13-9-11(13)2)21-8-7-12-5-6-14(23-3)15(10-12)24-16(18)19/h5-6,10-11,13,16H,4,7-9H2,1-3H3,(H2,20,21,22). The Morgan fingerprint density at radius 3 is 2.71 bits per heavy atom. The third-order valence-electron chi connectivity index (χ3n) is 3.89. The van der Waals surface area contributed by atoms with E-state index in [1.165, 1.54) is 7.11 Å². The lowest BCUT2D eigenvalue weighted by Crippen LogP contribution is -2.39. The number of aliphatic imine (C=N–C) groups is 1. The molecule has 0 bridgehead atoms. The lowest BCUT2D eigenvalue weighted by Gasteiger charge is -2.12. The van der Waals surface area contributed by atoms with E-state index in [0.717, 1.165) is 24.5 Å². The number of nitrogens with one attached hydrogen (secondary N) is 2. The highest BCUT2D eigenvalue weighted by Crippen LogP contribution is 2.30. The lowest BCUT2D eigenvalue weighted by atomic mass is 10.1. The van der Waals surface area contributed by atoms with Crippen LogP contribution in [0.5, 0.6) is 11.5 Å². The van der Waals surface area contributed by atoms with E-state index in [9.17, 15) is 8.78 Å². The number of alkyl halides is 2. The first kappa shape index (κ1) is 18.3. The van der Waals surface area contributed by atoms with Gasteiger partial charge in [-0.3, -0.25) is 4.99 Å². The molecule has 2 unspecified atom stereocenters. The van der Waals surface area contributed by atoms with E-state index < -0.39 is 6.61 Å². The van der Waals surface area contributed by atoms with Crippen LogP contribution in [-0.2, 0) is 6.42 Å². The SMILES string of the molecule is CCNC(=NCCc1ccc(OC)c(OC(F)F)c1)NC1CC1C. The Hall–Kier alpha value is -2.05. The average molecular weight is 341 g/mol. The van der Waals surface area contributed by atoms with Gasteiger partial charge >= 0.3 is 6.61 Å². The molecule has 134 valence electrons. The van der Waals surface area contributed by atoms with E-state index in [0.29, 0.717) is 30.7 Å². The number of hydrogen-bond acceptors (Lipinski definition) is 3. The predicted octanol–water partition coefficient (Wildman–Crippen LogP) is 2.80. The minimum absolute atomic E-state index is 0.0471. The number of guanidine groups is 1. The fraction of sp³-hybridized carbons (Fsp3) is 0.588. The molecule has 0 aliphatic heterocycles. The molecule has 2 N–H and O–H groups in total. The largest absolute Gasteiger partial charge is 0.493 e. The van der Waals surface area contributed by atoms with Crippen LogP contribution in [0, 0.1) is 5.92 Å². The summed E-state index contributed by atoms with van der Waals surface area (Å²) in [5.41, 5.74) is 0.867. The summed E-state index contributed by atoms with van der Waals surface area (Å²) in [5.74, 6) is 1.82. The van der Waals surface area contributed by atoms with Crippen molar-refractivity contribution in [3.63, 3.8) is 0 Å². The van der Waals surface area contributed by atoms with Gasteiger partial charge in [-0.2, -0.15) is 8.78 Å². The zero-order valence-corrected chi connectivity index (χ0v) is 14.3. The molecule has 1 saturated carbocycles. The van der Waals surface area contributed by atoms with Crippen LogP contribution in [0.15, 0.2) is 23.2 Å². The highest BCUT2D eigenvalue weighted by Gasteiger charge is 2.33. The van der Waals surface area contributed by atoms with E-state index in [4.69, 9.17) is 4.74 Å². The van der Waals surface area contributed by atoms with Gasteiger partial charge in [-0.05, 0) is 43.4 Å². The maximum Gasteiger partial charge on any atom is 0.387 e. The first-order chi connectivity index (χ1) is 11.5. The third-order valence-corrected chi connectivity index (χ3v) is 3.89. The van der Waals surface area contributed by atoms with Crippen molar-refractivity contribution in [3.8, 4) is 11.5 Å². The van der Waals surface area contributed by atoms with Gasteiger partial charge < -0.3 is 20.1 Å². The van der Waals surface area contributed by atoms with Gasteiger partial charge in [-0.1, -0.05) is 13.0 Å². The molecule has 0 aromatic heterocycles. The molecule has 0 heterocycles. The van der Waals surface area contributed by atoms with E-state index in [1.807, 2.05) is 13.0 Å². The molecule has 0 spiro atoms. The molecule has 0 radical (unpaired) electrons. The molecule has 1 aliphatic carbocycles. The number of hydrogen-bond donors (Lipinski definition) is 2.